The molecule has 0 aliphatic heterocycles. The number of rotatable bonds is 6. The van der Waals surface area contributed by atoms with Crippen molar-refractivity contribution in [1.82, 2.24) is 4.72 Å². The van der Waals surface area contributed by atoms with Crippen LogP contribution in [0.15, 0.2) is 54.0 Å². The number of benzene rings is 1. The number of hydrogen-bond acceptors (Lipinski definition) is 3. The first-order valence-electron chi connectivity index (χ1n) is 5.79. The molecular formula is C14H17NO3S. The molecule has 0 saturated heterocycles. The number of allylic oxidation sites excluding steroid dienone is 2. The number of nitrogens with one attached hydrogen (secondary N) is 1. The third-order valence-electron chi connectivity index (χ3n) is 2.42. The highest BCUT2D eigenvalue weighted by Crippen LogP contribution is 2.10. The second kappa shape index (κ2) is 6.45. The van der Waals surface area contributed by atoms with Crippen LogP contribution in [0.3, 0.4) is 0 Å². The number of aryl methyl sites for hydroxylation is 1. The van der Waals surface area contributed by atoms with Gasteiger partial charge in [-0.2, -0.15) is 0 Å². The predicted octanol–water partition coefficient (Wildman–Crippen LogP) is 1.97. The Kier molecular flexibility index (Phi) is 5.20. The topological polar surface area (TPSA) is 63.2 Å². The van der Waals surface area contributed by atoms with Gasteiger partial charge in [0, 0.05) is 6.04 Å². The fourth-order valence-corrected chi connectivity index (χ4v) is 2.58. The zero-order valence-electron chi connectivity index (χ0n) is 11.0. The minimum atomic E-state index is -3.57. The van der Waals surface area contributed by atoms with Gasteiger partial charge in [0.2, 0.25) is 10.0 Å². The lowest BCUT2D eigenvalue weighted by Gasteiger charge is -2.10. The van der Waals surface area contributed by atoms with Gasteiger partial charge in [-0.15, -0.1) is 0 Å². The first kappa shape index (κ1) is 15.3. The van der Waals surface area contributed by atoms with Crippen LogP contribution in [-0.2, 0) is 14.8 Å². The Morgan fingerprint density at radius 1 is 1.32 bits per heavy atom. The van der Waals surface area contributed by atoms with Gasteiger partial charge in [0.05, 0.1) is 4.90 Å². The van der Waals surface area contributed by atoms with Crippen LogP contribution in [0.25, 0.3) is 0 Å². The van der Waals surface area contributed by atoms with E-state index in [-0.39, 0.29) is 10.7 Å². The summed E-state index contributed by atoms with van der Waals surface area (Å²) in [6.45, 7) is 6.87. The van der Waals surface area contributed by atoms with Crippen LogP contribution in [0.4, 0.5) is 0 Å². The van der Waals surface area contributed by atoms with Crippen molar-refractivity contribution in [2.45, 2.75) is 24.8 Å². The van der Waals surface area contributed by atoms with Gasteiger partial charge in [0.25, 0.3) is 0 Å². The molecule has 0 heterocycles. The molecule has 102 valence electrons. The van der Waals surface area contributed by atoms with Crippen LogP contribution in [-0.4, -0.2) is 20.2 Å². The van der Waals surface area contributed by atoms with Crippen molar-refractivity contribution in [3.8, 4) is 0 Å². The molecule has 0 saturated carbocycles. The molecule has 1 rings (SSSR count). The highest BCUT2D eigenvalue weighted by molar-refractivity contribution is 7.89. The van der Waals surface area contributed by atoms with Gasteiger partial charge in [0.1, 0.15) is 0 Å². The summed E-state index contributed by atoms with van der Waals surface area (Å²) >= 11 is 0. The fraction of sp³-hybridized carbons (Fsp3) is 0.214. The van der Waals surface area contributed by atoms with Crippen molar-refractivity contribution in [2.24, 2.45) is 0 Å². The molecule has 0 spiro atoms. The van der Waals surface area contributed by atoms with Crippen molar-refractivity contribution in [2.75, 3.05) is 0 Å². The largest absolute Gasteiger partial charge is 0.290 e. The maximum Gasteiger partial charge on any atom is 0.241 e. The first-order chi connectivity index (χ1) is 8.85. The molecule has 1 aromatic rings. The third kappa shape index (κ3) is 4.81. The van der Waals surface area contributed by atoms with Crippen LogP contribution in [0.5, 0.6) is 0 Å². The average Bonchev–Trinajstić information content (AvgIpc) is 2.36. The Bertz CT molecular complexity index is 586. The van der Waals surface area contributed by atoms with Gasteiger partial charge in [-0.05, 0) is 38.1 Å². The van der Waals surface area contributed by atoms with Gasteiger partial charge in [-0.1, -0.05) is 30.4 Å². The van der Waals surface area contributed by atoms with Crippen molar-refractivity contribution in [3.63, 3.8) is 0 Å². The molecule has 4 nitrogen and oxygen atoms in total. The average molecular weight is 279 g/mol. The molecule has 0 radical (unpaired) electrons. The SMILES string of the molecule is C=CC(=O)C=CC(C)NS(=O)(=O)c1ccc(C)cc1. The number of hydrogen-bond donors (Lipinski definition) is 1. The molecule has 0 aliphatic rings. The number of ketones is 1. The van der Waals surface area contributed by atoms with Crippen molar-refractivity contribution in [1.29, 1.82) is 0 Å². The fourth-order valence-electron chi connectivity index (χ4n) is 1.38. The first-order valence-corrected chi connectivity index (χ1v) is 7.27. The second-order valence-electron chi connectivity index (χ2n) is 4.19. The van der Waals surface area contributed by atoms with E-state index in [1.165, 1.54) is 12.2 Å². The normalized spacial score (nSPS) is 13.4. The van der Waals surface area contributed by atoms with Crippen molar-refractivity contribution < 1.29 is 13.2 Å². The molecular weight excluding hydrogens is 262 g/mol. The Morgan fingerprint density at radius 3 is 2.42 bits per heavy atom. The second-order valence-corrected chi connectivity index (χ2v) is 5.90. The third-order valence-corrected chi connectivity index (χ3v) is 4.00. The Balaban J connectivity index is 2.80. The zero-order chi connectivity index (χ0) is 14.5. The summed E-state index contributed by atoms with van der Waals surface area (Å²) in [5.74, 6) is -0.263. The lowest BCUT2D eigenvalue weighted by Crippen LogP contribution is -2.31. The van der Waals surface area contributed by atoms with Crippen molar-refractivity contribution in [3.05, 3.63) is 54.6 Å². The Labute approximate surface area is 113 Å². The molecule has 0 bridgehead atoms. The molecule has 0 aliphatic carbocycles. The van der Waals surface area contributed by atoms with Gasteiger partial charge in [-0.3, -0.25) is 4.79 Å². The van der Waals surface area contributed by atoms with E-state index in [2.05, 4.69) is 11.3 Å². The van der Waals surface area contributed by atoms with E-state index in [9.17, 15) is 13.2 Å². The van der Waals surface area contributed by atoms with E-state index in [0.29, 0.717) is 0 Å². The Hall–Kier alpha value is -1.72. The van der Waals surface area contributed by atoms with E-state index in [1.807, 2.05) is 6.92 Å². The van der Waals surface area contributed by atoms with Gasteiger partial charge < -0.3 is 0 Å². The lowest BCUT2D eigenvalue weighted by atomic mass is 10.2. The van der Waals surface area contributed by atoms with Crippen LogP contribution < -0.4 is 4.72 Å². The smallest absolute Gasteiger partial charge is 0.241 e. The number of carbonyl (C=O) groups is 1. The van der Waals surface area contributed by atoms with E-state index in [4.69, 9.17) is 0 Å². The van der Waals surface area contributed by atoms with Crippen LogP contribution in [0, 0.1) is 6.92 Å². The highest BCUT2D eigenvalue weighted by Gasteiger charge is 2.15. The molecule has 5 heteroatoms. The van der Waals surface area contributed by atoms with Crippen LogP contribution in [0.2, 0.25) is 0 Å². The lowest BCUT2D eigenvalue weighted by molar-refractivity contribution is -0.110. The number of carbonyl (C=O) groups excluding carboxylic acids is 1. The molecule has 1 atom stereocenters. The molecule has 1 aromatic carbocycles. The van der Waals surface area contributed by atoms with Gasteiger partial charge >= 0.3 is 0 Å². The monoisotopic (exact) mass is 279 g/mol. The van der Waals surface area contributed by atoms with Crippen LogP contribution >= 0.6 is 0 Å². The van der Waals surface area contributed by atoms with E-state index < -0.39 is 16.1 Å². The Morgan fingerprint density at radius 2 is 1.89 bits per heavy atom. The highest BCUT2D eigenvalue weighted by atomic mass is 32.2. The summed E-state index contributed by atoms with van der Waals surface area (Å²) in [6.07, 6.45) is 3.93. The summed E-state index contributed by atoms with van der Waals surface area (Å²) in [5, 5.41) is 0. The minimum Gasteiger partial charge on any atom is -0.290 e. The van der Waals surface area contributed by atoms with Gasteiger partial charge in [-0.25, -0.2) is 13.1 Å². The quantitative estimate of drug-likeness (QED) is 0.810. The van der Waals surface area contributed by atoms with E-state index in [1.54, 1.807) is 31.2 Å². The maximum absolute atomic E-state index is 12.0. The molecule has 1 unspecified atom stereocenters. The standard InChI is InChI=1S/C14H17NO3S/c1-4-13(16)8-7-12(3)15-19(17,18)14-9-5-11(2)6-10-14/h4-10,12,15H,1H2,2-3H3. The summed E-state index contributed by atoms with van der Waals surface area (Å²) in [4.78, 5) is 11.2. The number of sulfonamides is 1. The molecule has 0 aromatic heterocycles. The summed E-state index contributed by atoms with van der Waals surface area (Å²) < 4.78 is 26.5. The van der Waals surface area contributed by atoms with E-state index in [0.717, 1.165) is 11.6 Å². The maximum atomic E-state index is 12.0. The van der Waals surface area contributed by atoms with E-state index >= 15 is 0 Å². The predicted molar refractivity (Wildman–Crippen MR) is 75.3 cm³/mol. The summed E-state index contributed by atoms with van der Waals surface area (Å²) in [6, 6.07) is 6.08. The zero-order valence-corrected chi connectivity index (χ0v) is 11.8. The molecule has 19 heavy (non-hydrogen) atoms. The van der Waals surface area contributed by atoms with Crippen molar-refractivity contribution >= 4 is 15.8 Å². The summed E-state index contributed by atoms with van der Waals surface area (Å²) in [7, 11) is -3.57. The minimum absolute atomic E-state index is 0.202. The summed E-state index contributed by atoms with van der Waals surface area (Å²) in [5.41, 5.74) is 0.989. The molecule has 1 N–H and O–H groups in total. The van der Waals surface area contributed by atoms with Crippen LogP contribution in [0.1, 0.15) is 12.5 Å². The molecule has 0 fully saturated rings. The van der Waals surface area contributed by atoms with Gasteiger partial charge in [0.15, 0.2) is 5.78 Å². The molecule has 0 amide bonds.